The van der Waals surface area contributed by atoms with Gasteiger partial charge in [0.2, 0.25) is 0 Å². The van der Waals surface area contributed by atoms with Crippen molar-refractivity contribution in [2.24, 2.45) is 11.1 Å². The van der Waals surface area contributed by atoms with Crippen molar-refractivity contribution in [2.75, 3.05) is 7.11 Å². The second kappa shape index (κ2) is 11.1. The van der Waals surface area contributed by atoms with Crippen molar-refractivity contribution in [3.05, 3.63) is 59.2 Å². The Morgan fingerprint density at radius 1 is 1.06 bits per heavy atom. The van der Waals surface area contributed by atoms with E-state index in [-0.39, 0.29) is 22.2 Å². The van der Waals surface area contributed by atoms with Crippen LogP contribution < -0.4 is 10.5 Å². The molecule has 0 radical (unpaired) electrons. The van der Waals surface area contributed by atoms with Crippen molar-refractivity contribution in [1.82, 2.24) is 4.90 Å². The van der Waals surface area contributed by atoms with Gasteiger partial charge in [0.25, 0.3) is 0 Å². The number of hydrogen-bond donors (Lipinski definition) is 2. The molecule has 0 fully saturated rings. The van der Waals surface area contributed by atoms with Gasteiger partial charge in [0.1, 0.15) is 0 Å². The molecule has 0 amide bonds. The maximum Gasteiger partial charge on any atom is 0.313 e. The number of thiocarbonyl (C=S) groups is 1. The zero-order chi connectivity index (χ0) is 25.7. The van der Waals surface area contributed by atoms with Gasteiger partial charge in [0.15, 0.2) is 22.8 Å². The fourth-order valence-corrected chi connectivity index (χ4v) is 3.56. The predicted molar refractivity (Wildman–Crippen MR) is 140 cm³/mol. The van der Waals surface area contributed by atoms with Crippen LogP contribution in [-0.2, 0) is 27.9 Å². The number of nitrogens with zero attached hydrogens (tertiary/aromatic N) is 1. The second-order valence-electron chi connectivity index (χ2n) is 10.6. The van der Waals surface area contributed by atoms with Crippen LogP contribution in [0.25, 0.3) is 0 Å². The highest BCUT2D eigenvalue weighted by Crippen LogP contribution is 2.28. The predicted octanol–water partition coefficient (Wildman–Crippen LogP) is 5.29. The van der Waals surface area contributed by atoms with E-state index < -0.39 is 11.6 Å². The molecule has 186 valence electrons. The first kappa shape index (κ1) is 27.4. The molecule has 1 unspecified atom stereocenters. The maximum atomic E-state index is 12.8. The second-order valence-corrected chi connectivity index (χ2v) is 11.0. The number of benzene rings is 2. The first-order valence-corrected chi connectivity index (χ1v) is 11.9. The monoisotopic (exact) mass is 486 g/mol. The molecule has 0 aliphatic heterocycles. The van der Waals surface area contributed by atoms with Gasteiger partial charge in [0.05, 0.1) is 12.5 Å². The Morgan fingerprint density at radius 2 is 1.65 bits per heavy atom. The third-order valence-corrected chi connectivity index (χ3v) is 5.82. The Balaban J connectivity index is 2.29. The van der Waals surface area contributed by atoms with Crippen LogP contribution in [0, 0.1) is 5.41 Å². The van der Waals surface area contributed by atoms with Crippen LogP contribution in [-0.4, -0.2) is 34.4 Å². The number of carbonyl (C=O) groups excluding carboxylic acids is 1. The summed E-state index contributed by atoms with van der Waals surface area (Å²) in [6.45, 7) is 12.3. The molecule has 0 heterocycles. The van der Waals surface area contributed by atoms with Gasteiger partial charge in [-0.05, 0) is 73.6 Å². The van der Waals surface area contributed by atoms with Crippen molar-refractivity contribution in [3.8, 4) is 11.5 Å². The van der Waals surface area contributed by atoms with Crippen LogP contribution in [0.3, 0.4) is 0 Å². The van der Waals surface area contributed by atoms with E-state index in [2.05, 4.69) is 45.0 Å². The number of esters is 1. The smallest absolute Gasteiger partial charge is 0.313 e. The lowest BCUT2D eigenvalue weighted by Crippen LogP contribution is -2.46. The minimum atomic E-state index is -0.670. The number of nitrogens with two attached hydrogens (primary N) is 1. The van der Waals surface area contributed by atoms with E-state index in [9.17, 15) is 9.90 Å². The van der Waals surface area contributed by atoms with Crippen molar-refractivity contribution < 1.29 is 19.4 Å². The Morgan fingerprint density at radius 3 is 2.15 bits per heavy atom. The van der Waals surface area contributed by atoms with E-state index >= 15 is 0 Å². The summed E-state index contributed by atoms with van der Waals surface area (Å²) in [5, 5.41) is 10.0. The van der Waals surface area contributed by atoms with Gasteiger partial charge in [-0.15, -0.1) is 0 Å². The average molecular weight is 487 g/mol. The average Bonchev–Trinajstić information content (AvgIpc) is 2.74. The summed E-state index contributed by atoms with van der Waals surface area (Å²) in [6, 6.07) is 13.5. The van der Waals surface area contributed by atoms with E-state index in [1.54, 1.807) is 23.1 Å². The van der Waals surface area contributed by atoms with Gasteiger partial charge in [-0.2, -0.15) is 0 Å². The fourth-order valence-electron chi connectivity index (χ4n) is 3.38. The number of aromatic hydroxyl groups is 1. The largest absolute Gasteiger partial charge is 0.504 e. The summed E-state index contributed by atoms with van der Waals surface area (Å²) >= 11 is 5.35. The van der Waals surface area contributed by atoms with Gasteiger partial charge in [-0.25, -0.2) is 0 Å². The highest BCUT2D eigenvalue weighted by molar-refractivity contribution is 7.80. The number of methoxy groups -OCH3 is 1. The Kier molecular flexibility index (Phi) is 8.95. The fraction of sp³-hybridized carbons (Fsp3) is 0.481. The topological polar surface area (TPSA) is 85.0 Å². The normalized spacial score (nSPS) is 12.7. The third-order valence-electron chi connectivity index (χ3n) is 5.58. The van der Waals surface area contributed by atoms with Gasteiger partial charge in [-0.3, -0.25) is 4.79 Å². The molecule has 6 nitrogen and oxygen atoms in total. The van der Waals surface area contributed by atoms with Gasteiger partial charge in [-0.1, -0.05) is 51.1 Å². The summed E-state index contributed by atoms with van der Waals surface area (Å²) in [7, 11) is 1.49. The van der Waals surface area contributed by atoms with E-state index in [4.69, 9.17) is 27.4 Å². The highest BCUT2D eigenvalue weighted by Gasteiger charge is 2.30. The SMILES string of the molecule is COc1cc(CN(C(N)=S)C(CCc2ccc(C(C)(C)C)cc2)OC(=O)C(C)(C)C)ccc1O. The van der Waals surface area contributed by atoms with E-state index in [1.807, 2.05) is 20.8 Å². The lowest BCUT2D eigenvalue weighted by Gasteiger charge is -2.33. The lowest BCUT2D eigenvalue weighted by molar-refractivity contribution is -0.166. The Bertz CT molecular complexity index is 991. The molecular formula is C27H38N2O4S. The molecular weight excluding hydrogens is 448 g/mol. The van der Waals surface area contributed by atoms with Crippen LogP contribution in [0.5, 0.6) is 11.5 Å². The first-order chi connectivity index (χ1) is 15.7. The third kappa shape index (κ3) is 7.62. The minimum Gasteiger partial charge on any atom is -0.504 e. The number of ether oxygens (including phenoxy) is 2. The molecule has 2 aromatic carbocycles. The molecule has 0 saturated heterocycles. The molecule has 34 heavy (non-hydrogen) atoms. The molecule has 2 rings (SSSR count). The van der Waals surface area contributed by atoms with Crippen LogP contribution in [0.2, 0.25) is 0 Å². The standard InChI is InChI=1S/C27H38N2O4S/c1-26(2,3)20-12-8-18(9-13-20)11-15-23(33-24(31)27(4,5)6)29(25(28)34)17-19-10-14-21(30)22(16-19)32-7/h8-10,12-14,16,23,30H,11,15,17H2,1-7H3,(H2,28,34). The summed E-state index contributed by atoms with van der Waals surface area (Å²) in [6.07, 6.45) is 0.555. The molecule has 7 heteroatoms. The van der Waals surface area contributed by atoms with Crippen LogP contribution in [0.15, 0.2) is 42.5 Å². The maximum absolute atomic E-state index is 12.8. The zero-order valence-corrected chi connectivity index (χ0v) is 22.2. The molecule has 0 aliphatic rings. The van der Waals surface area contributed by atoms with Crippen LogP contribution >= 0.6 is 12.2 Å². The summed E-state index contributed by atoms with van der Waals surface area (Å²) < 4.78 is 11.1. The quantitative estimate of drug-likeness (QED) is 0.298. The molecule has 2 aromatic rings. The number of aryl methyl sites for hydroxylation is 1. The molecule has 0 aliphatic carbocycles. The van der Waals surface area contributed by atoms with E-state index in [0.29, 0.717) is 25.1 Å². The van der Waals surface area contributed by atoms with Crippen molar-refractivity contribution >= 4 is 23.3 Å². The molecule has 1 atom stereocenters. The summed E-state index contributed by atoms with van der Waals surface area (Å²) in [4.78, 5) is 14.5. The van der Waals surface area contributed by atoms with Gasteiger partial charge in [0, 0.05) is 13.0 Å². The number of carbonyl (C=O) groups is 1. The molecule has 0 spiro atoms. The van der Waals surface area contributed by atoms with E-state index in [0.717, 1.165) is 11.1 Å². The number of phenolic OH excluding ortho intramolecular Hbond substituents is 1. The summed E-state index contributed by atoms with van der Waals surface area (Å²) in [5.41, 5.74) is 8.72. The van der Waals surface area contributed by atoms with Gasteiger partial charge >= 0.3 is 5.97 Å². The molecule has 0 bridgehead atoms. The summed E-state index contributed by atoms with van der Waals surface area (Å²) in [5.74, 6) is 0.0650. The minimum absolute atomic E-state index is 0.0440. The number of phenols is 1. The molecule has 0 saturated carbocycles. The van der Waals surface area contributed by atoms with Gasteiger partial charge < -0.3 is 25.2 Å². The number of hydrogen-bond acceptors (Lipinski definition) is 5. The zero-order valence-electron chi connectivity index (χ0n) is 21.3. The van der Waals surface area contributed by atoms with Crippen molar-refractivity contribution in [3.63, 3.8) is 0 Å². The van der Waals surface area contributed by atoms with Crippen LogP contribution in [0.1, 0.15) is 64.7 Å². The Labute approximate surface area is 209 Å². The van der Waals surface area contributed by atoms with Crippen LogP contribution in [0.4, 0.5) is 0 Å². The van der Waals surface area contributed by atoms with Crippen molar-refractivity contribution in [2.45, 2.75) is 72.6 Å². The molecule has 3 N–H and O–H groups in total. The molecule has 0 aromatic heterocycles. The van der Waals surface area contributed by atoms with Crippen molar-refractivity contribution in [1.29, 1.82) is 0 Å². The first-order valence-electron chi connectivity index (χ1n) is 11.4. The highest BCUT2D eigenvalue weighted by atomic mass is 32.1. The Hall–Kier alpha value is -2.80. The number of rotatable bonds is 8. The van der Waals surface area contributed by atoms with E-state index in [1.165, 1.54) is 12.7 Å². The lowest BCUT2D eigenvalue weighted by atomic mass is 9.86.